The molecular formula is C24H23F4N5O2. The van der Waals surface area contributed by atoms with E-state index < -0.39 is 23.5 Å². The van der Waals surface area contributed by atoms with Gasteiger partial charge in [0.25, 0.3) is 0 Å². The molecule has 11 heteroatoms. The molecule has 7 nitrogen and oxygen atoms in total. The number of nitrogens with zero attached hydrogens (tertiary/aromatic N) is 2. The number of amides is 1. The lowest BCUT2D eigenvalue weighted by atomic mass is 10.1. The van der Waals surface area contributed by atoms with E-state index in [-0.39, 0.29) is 29.3 Å². The van der Waals surface area contributed by atoms with E-state index in [1.807, 2.05) is 4.90 Å². The highest BCUT2D eigenvalue weighted by Gasteiger charge is 2.34. The van der Waals surface area contributed by atoms with Gasteiger partial charge in [-0.1, -0.05) is 18.2 Å². The molecule has 1 aliphatic rings. The van der Waals surface area contributed by atoms with Crippen molar-refractivity contribution in [1.29, 1.82) is 0 Å². The van der Waals surface area contributed by atoms with Crippen LogP contribution >= 0.6 is 0 Å². The maximum Gasteiger partial charge on any atom is 0.419 e. The van der Waals surface area contributed by atoms with Crippen LogP contribution in [0.25, 0.3) is 0 Å². The van der Waals surface area contributed by atoms with E-state index in [1.165, 1.54) is 18.2 Å². The Balaban J connectivity index is 1.57. The highest BCUT2D eigenvalue weighted by atomic mass is 19.4. The van der Waals surface area contributed by atoms with Gasteiger partial charge in [-0.15, -0.1) is 0 Å². The van der Waals surface area contributed by atoms with E-state index in [0.29, 0.717) is 43.8 Å². The van der Waals surface area contributed by atoms with Gasteiger partial charge < -0.3 is 26.0 Å². The molecule has 4 N–H and O–H groups in total. The van der Waals surface area contributed by atoms with Gasteiger partial charge in [-0.25, -0.2) is 9.37 Å². The van der Waals surface area contributed by atoms with Crippen LogP contribution < -0.4 is 21.3 Å². The first kappa shape index (κ1) is 24.3. The van der Waals surface area contributed by atoms with Crippen molar-refractivity contribution in [3.8, 4) is 0 Å². The Morgan fingerprint density at radius 3 is 2.51 bits per heavy atom. The van der Waals surface area contributed by atoms with E-state index in [9.17, 15) is 22.4 Å². The Labute approximate surface area is 198 Å². The predicted molar refractivity (Wildman–Crippen MR) is 124 cm³/mol. The second-order valence-corrected chi connectivity index (χ2v) is 7.88. The molecule has 4 rings (SSSR count). The molecule has 3 aromatic rings. The fourth-order valence-electron chi connectivity index (χ4n) is 3.76. The van der Waals surface area contributed by atoms with Crippen LogP contribution in [0.15, 0.2) is 54.7 Å². The van der Waals surface area contributed by atoms with Crippen LogP contribution in [0.4, 0.5) is 40.4 Å². The Kier molecular flexibility index (Phi) is 7.06. The number of ether oxygens (including phenoxy) is 1. The summed E-state index contributed by atoms with van der Waals surface area (Å²) in [6.07, 6.45) is -4.01. The molecule has 0 saturated carbocycles. The Morgan fingerprint density at radius 2 is 1.83 bits per heavy atom. The SMILES string of the molecule is NC(=O)c1ccccc1CNc1cc(Nc2ccc(N3CCOCC3)cc2F)ncc1C(F)(F)F. The van der Waals surface area contributed by atoms with E-state index >= 15 is 0 Å². The second-order valence-electron chi connectivity index (χ2n) is 7.88. The first-order valence-electron chi connectivity index (χ1n) is 10.8. The van der Waals surface area contributed by atoms with E-state index in [4.69, 9.17) is 10.5 Å². The monoisotopic (exact) mass is 489 g/mol. The van der Waals surface area contributed by atoms with Crippen molar-refractivity contribution in [2.24, 2.45) is 5.73 Å². The molecule has 0 aliphatic carbocycles. The molecule has 1 aliphatic heterocycles. The van der Waals surface area contributed by atoms with Gasteiger partial charge >= 0.3 is 6.18 Å². The zero-order valence-electron chi connectivity index (χ0n) is 18.5. The third-order valence-corrected chi connectivity index (χ3v) is 5.55. The van der Waals surface area contributed by atoms with Gasteiger partial charge in [0.1, 0.15) is 11.6 Å². The number of halogens is 4. The van der Waals surface area contributed by atoms with Gasteiger partial charge in [-0.2, -0.15) is 13.2 Å². The molecule has 2 heterocycles. The smallest absolute Gasteiger partial charge is 0.380 e. The first-order chi connectivity index (χ1) is 16.7. The van der Waals surface area contributed by atoms with Crippen LogP contribution in [0.1, 0.15) is 21.5 Å². The molecule has 184 valence electrons. The van der Waals surface area contributed by atoms with Gasteiger partial charge in [0.15, 0.2) is 0 Å². The molecule has 35 heavy (non-hydrogen) atoms. The van der Waals surface area contributed by atoms with Crippen molar-refractivity contribution >= 4 is 28.8 Å². The molecule has 2 aromatic carbocycles. The lowest BCUT2D eigenvalue weighted by Gasteiger charge is -2.29. The number of hydrogen-bond donors (Lipinski definition) is 3. The first-order valence-corrected chi connectivity index (χ1v) is 10.8. The molecule has 1 amide bonds. The summed E-state index contributed by atoms with van der Waals surface area (Å²) in [5.41, 5.74) is 5.47. The fraction of sp³-hybridized carbons (Fsp3) is 0.250. The summed E-state index contributed by atoms with van der Waals surface area (Å²) in [7, 11) is 0. The molecule has 0 atom stereocenters. The maximum absolute atomic E-state index is 14.8. The van der Waals surface area contributed by atoms with Crippen LogP contribution in [-0.4, -0.2) is 37.2 Å². The van der Waals surface area contributed by atoms with Crippen molar-refractivity contribution in [3.63, 3.8) is 0 Å². The number of anilines is 4. The maximum atomic E-state index is 14.8. The number of pyridine rings is 1. The number of rotatable bonds is 7. The fourth-order valence-corrected chi connectivity index (χ4v) is 3.76. The summed E-state index contributed by atoms with van der Waals surface area (Å²) in [4.78, 5) is 17.4. The number of benzene rings is 2. The molecule has 0 bridgehead atoms. The molecule has 1 fully saturated rings. The van der Waals surface area contributed by atoms with Crippen molar-refractivity contribution in [1.82, 2.24) is 4.98 Å². The minimum atomic E-state index is -4.68. The number of carbonyl (C=O) groups is 1. The van der Waals surface area contributed by atoms with E-state index in [0.717, 1.165) is 6.07 Å². The number of hydrogen-bond acceptors (Lipinski definition) is 6. The van der Waals surface area contributed by atoms with E-state index in [1.54, 1.807) is 24.3 Å². The summed E-state index contributed by atoms with van der Waals surface area (Å²) in [5, 5.41) is 5.44. The zero-order valence-corrected chi connectivity index (χ0v) is 18.5. The molecule has 0 spiro atoms. The predicted octanol–water partition coefficient (Wildman–Crippen LogP) is 4.53. The van der Waals surface area contributed by atoms with Crippen molar-refractivity contribution in [3.05, 3.63) is 77.2 Å². The topological polar surface area (TPSA) is 92.5 Å². The third-order valence-electron chi connectivity index (χ3n) is 5.55. The molecule has 0 unspecified atom stereocenters. The second kappa shape index (κ2) is 10.2. The third kappa shape index (κ3) is 5.80. The van der Waals surface area contributed by atoms with Crippen LogP contribution in [0, 0.1) is 5.82 Å². The highest BCUT2D eigenvalue weighted by molar-refractivity contribution is 5.94. The number of morpholine rings is 1. The van der Waals surface area contributed by atoms with Crippen LogP contribution in [0.5, 0.6) is 0 Å². The molecule has 1 saturated heterocycles. The van der Waals surface area contributed by atoms with Gasteiger partial charge in [0, 0.05) is 43.1 Å². The van der Waals surface area contributed by atoms with Crippen LogP contribution in [-0.2, 0) is 17.5 Å². The van der Waals surface area contributed by atoms with E-state index in [2.05, 4.69) is 15.6 Å². The van der Waals surface area contributed by atoms with Crippen molar-refractivity contribution in [2.45, 2.75) is 12.7 Å². The molecule has 0 radical (unpaired) electrons. The van der Waals surface area contributed by atoms with Gasteiger partial charge in [-0.3, -0.25) is 4.79 Å². The Morgan fingerprint density at radius 1 is 1.09 bits per heavy atom. The summed E-state index contributed by atoms with van der Waals surface area (Å²) in [6.45, 7) is 2.29. The zero-order chi connectivity index (χ0) is 25.0. The largest absolute Gasteiger partial charge is 0.419 e. The van der Waals surface area contributed by atoms with Crippen LogP contribution in [0.2, 0.25) is 0 Å². The minimum absolute atomic E-state index is 0.0155. The molecular weight excluding hydrogens is 466 g/mol. The highest BCUT2D eigenvalue weighted by Crippen LogP contribution is 2.36. The number of nitrogens with two attached hydrogens (primary N) is 1. The summed E-state index contributed by atoms with van der Waals surface area (Å²) < 4.78 is 60.8. The molecule has 1 aromatic heterocycles. The number of carbonyl (C=O) groups excluding carboxylic acids is 1. The van der Waals surface area contributed by atoms with Gasteiger partial charge in [0.2, 0.25) is 5.91 Å². The summed E-state index contributed by atoms with van der Waals surface area (Å²) in [6, 6.07) is 12.1. The lowest BCUT2D eigenvalue weighted by Crippen LogP contribution is -2.36. The van der Waals surface area contributed by atoms with Crippen molar-refractivity contribution in [2.75, 3.05) is 41.8 Å². The number of primary amides is 1. The van der Waals surface area contributed by atoms with Gasteiger partial charge in [-0.05, 0) is 29.8 Å². The average Bonchev–Trinajstić information content (AvgIpc) is 2.84. The Bertz CT molecular complexity index is 1210. The average molecular weight is 489 g/mol. The van der Waals surface area contributed by atoms with Crippen molar-refractivity contribution < 1.29 is 27.1 Å². The number of aromatic nitrogens is 1. The minimum Gasteiger partial charge on any atom is -0.380 e. The quantitative estimate of drug-likeness (QED) is 0.423. The number of alkyl halides is 3. The Hall–Kier alpha value is -3.86. The lowest BCUT2D eigenvalue weighted by molar-refractivity contribution is -0.137. The summed E-state index contributed by atoms with van der Waals surface area (Å²) in [5.74, 6) is -1.24. The van der Waals surface area contributed by atoms with Crippen LogP contribution in [0.3, 0.4) is 0 Å². The van der Waals surface area contributed by atoms with Gasteiger partial charge in [0.05, 0.1) is 30.2 Å². The normalized spacial score (nSPS) is 14.0. The summed E-state index contributed by atoms with van der Waals surface area (Å²) >= 11 is 0. The standard InChI is InChI=1S/C24H23F4N5O2/c25-19-11-16(33-7-9-35-10-8-33)5-6-20(19)32-22-12-21(18(14-31-22)24(26,27)28)30-13-15-3-1-2-4-17(15)23(29)34/h1-6,11-12,14H,7-10,13H2,(H2,29,34)(H2,30,31,32). The number of nitrogens with one attached hydrogen (secondary N) is 2.